The van der Waals surface area contributed by atoms with Crippen LogP contribution in [0.4, 0.5) is 0 Å². The van der Waals surface area contributed by atoms with Gasteiger partial charge >= 0.3 is 0 Å². The molecular formula is C16H24N2O2. The molecule has 2 rings (SSSR count). The van der Waals surface area contributed by atoms with Crippen LogP contribution in [0.2, 0.25) is 0 Å². The summed E-state index contributed by atoms with van der Waals surface area (Å²) in [5.74, 6) is -0.0474. The van der Waals surface area contributed by atoms with E-state index >= 15 is 0 Å². The second-order valence-corrected chi connectivity index (χ2v) is 5.68. The molecule has 1 atom stereocenters. The molecule has 110 valence electrons. The Kier molecular flexibility index (Phi) is 4.31. The molecule has 1 aromatic rings. The molecule has 0 bridgehead atoms. The maximum absolute atomic E-state index is 12.3. The molecular weight excluding hydrogens is 252 g/mol. The largest absolute Gasteiger partial charge is 0.366 e. The van der Waals surface area contributed by atoms with Crippen molar-refractivity contribution in [3.05, 3.63) is 22.5 Å². The van der Waals surface area contributed by atoms with Crippen LogP contribution in [0.25, 0.3) is 0 Å². The number of Topliss-reactive ketones (excluding diaryl/α,β-unsaturated/α-hetero) is 1. The highest BCUT2D eigenvalue weighted by Gasteiger charge is 2.28. The molecule has 4 heteroatoms. The number of hydrogen-bond acceptors (Lipinski definition) is 2. The van der Waals surface area contributed by atoms with Crippen molar-refractivity contribution >= 4 is 11.7 Å². The van der Waals surface area contributed by atoms with Crippen LogP contribution in [0.5, 0.6) is 0 Å². The fourth-order valence-corrected chi connectivity index (χ4v) is 3.16. The van der Waals surface area contributed by atoms with Gasteiger partial charge in [0.1, 0.15) is 0 Å². The van der Waals surface area contributed by atoms with Crippen molar-refractivity contribution in [2.45, 2.75) is 59.4 Å². The number of nitrogens with zero attached hydrogens (tertiary/aromatic N) is 1. The van der Waals surface area contributed by atoms with Gasteiger partial charge in [0.25, 0.3) is 5.91 Å². The lowest BCUT2D eigenvalue weighted by Gasteiger charge is -2.14. The highest BCUT2D eigenvalue weighted by Crippen LogP contribution is 2.31. The average molecular weight is 276 g/mol. The summed E-state index contributed by atoms with van der Waals surface area (Å²) in [6.45, 7) is 6.39. The molecule has 1 heterocycles. The molecule has 1 aromatic heterocycles. The maximum atomic E-state index is 12.3. The summed E-state index contributed by atoms with van der Waals surface area (Å²) >= 11 is 0. The Morgan fingerprint density at radius 2 is 2.00 bits per heavy atom. The second kappa shape index (κ2) is 5.81. The number of fused-ring (bicyclic) bond motifs is 1. The standard InChI is InChI=1S/C16H24N2O2/c1-4-10(3)14(19)9-18-12(5-2)15(16(17)20)11-7-6-8-13(11)18/h10H,4-9H2,1-3H3,(H2,17,20). The third kappa shape index (κ3) is 2.39. The minimum atomic E-state index is -0.352. The van der Waals surface area contributed by atoms with Crippen molar-refractivity contribution < 1.29 is 9.59 Å². The Bertz CT molecular complexity index is 543. The van der Waals surface area contributed by atoms with Crippen LogP contribution in [-0.2, 0) is 30.6 Å². The van der Waals surface area contributed by atoms with Crippen molar-refractivity contribution in [2.24, 2.45) is 11.7 Å². The van der Waals surface area contributed by atoms with Gasteiger partial charge in [0, 0.05) is 17.3 Å². The minimum absolute atomic E-state index is 0.0659. The monoisotopic (exact) mass is 276 g/mol. The van der Waals surface area contributed by atoms with Gasteiger partial charge in [-0.25, -0.2) is 0 Å². The van der Waals surface area contributed by atoms with Crippen LogP contribution in [0.3, 0.4) is 0 Å². The maximum Gasteiger partial charge on any atom is 0.250 e. The number of ketones is 1. The molecule has 0 spiro atoms. The number of carbonyl (C=O) groups is 2. The third-order valence-corrected chi connectivity index (χ3v) is 4.49. The average Bonchev–Trinajstić information content (AvgIpc) is 2.98. The third-order valence-electron chi connectivity index (χ3n) is 4.49. The molecule has 20 heavy (non-hydrogen) atoms. The molecule has 1 unspecified atom stereocenters. The van der Waals surface area contributed by atoms with E-state index < -0.39 is 0 Å². The smallest absolute Gasteiger partial charge is 0.250 e. The quantitative estimate of drug-likeness (QED) is 0.866. The van der Waals surface area contributed by atoms with Gasteiger partial charge in [-0.2, -0.15) is 0 Å². The normalized spacial score (nSPS) is 15.2. The number of nitrogens with two attached hydrogens (primary N) is 1. The van der Waals surface area contributed by atoms with Crippen molar-refractivity contribution in [3.63, 3.8) is 0 Å². The van der Waals surface area contributed by atoms with E-state index in [-0.39, 0.29) is 17.6 Å². The topological polar surface area (TPSA) is 65.1 Å². The van der Waals surface area contributed by atoms with E-state index in [2.05, 4.69) is 4.57 Å². The Balaban J connectivity index is 2.45. The van der Waals surface area contributed by atoms with E-state index in [4.69, 9.17) is 5.73 Å². The van der Waals surface area contributed by atoms with Crippen LogP contribution in [-0.4, -0.2) is 16.3 Å². The van der Waals surface area contributed by atoms with Crippen molar-refractivity contribution in [1.29, 1.82) is 0 Å². The van der Waals surface area contributed by atoms with Gasteiger partial charge in [-0.05, 0) is 37.7 Å². The van der Waals surface area contributed by atoms with Gasteiger partial charge in [-0.15, -0.1) is 0 Å². The van der Waals surface area contributed by atoms with Crippen molar-refractivity contribution in [1.82, 2.24) is 4.57 Å². The Morgan fingerprint density at radius 1 is 1.30 bits per heavy atom. The molecule has 0 radical (unpaired) electrons. The number of carbonyl (C=O) groups excluding carboxylic acids is 2. The second-order valence-electron chi connectivity index (χ2n) is 5.68. The van der Waals surface area contributed by atoms with Gasteiger partial charge in [-0.3, -0.25) is 9.59 Å². The summed E-state index contributed by atoms with van der Waals surface area (Å²) < 4.78 is 2.07. The first-order chi connectivity index (χ1) is 9.51. The number of aromatic nitrogens is 1. The van der Waals surface area contributed by atoms with E-state index in [1.807, 2.05) is 20.8 Å². The fourth-order valence-electron chi connectivity index (χ4n) is 3.16. The number of hydrogen-bond donors (Lipinski definition) is 1. The number of amides is 1. The summed E-state index contributed by atoms with van der Waals surface area (Å²) in [5, 5.41) is 0. The van der Waals surface area contributed by atoms with Crippen molar-refractivity contribution in [3.8, 4) is 0 Å². The summed E-state index contributed by atoms with van der Waals surface area (Å²) in [7, 11) is 0. The summed E-state index contributed by atoms with van der Waals surface area (Å²) in [5.41, 5.74) is 9.43. The first-order valence-corrected chi connectivity index (χ1v) is 7.56. The van der Waals surface area contributed by atoms with Crippen LogP contribution in [0.1, 0.15) is 60.9 Å². The zero-order chi connectivity index (χ0) is 14.9. The summed E-state index contributed by atoms with van der Waals surface area (Å²) in [6.07, 6.45) is 4.49. The van der Waals surface area contributed by atoms with E-state index in [1.54, 1.807) is 0 Å². The summed E-state index contributed by atoms with van der Waals surface area (Å²) in [6, 6.07) is 0. The first kappa shape index (κ1) is 14.8. The molecule has 0 saturated heterocycles. The predicted molar refractivity (Wildman–Crippen MR) is 78.8 cm³/mol. The molecule has 1 aliphatic rings. The molecule has 0 fully saturated rings. The summed E-state index contributed by atoms with van der Waals surface area (Å²) in [4.78, 5) is 24.0. The lowest BCUT2D eigenvalue weighted by Crippen LogP contribution is -2.21. The van der Waals surface area contributed by atoms with Crippen molar-refractivity contribution in [2.75, 3.05) is 0 Å². The zero-order valence-electron chi connectivity index (χ0n) is 12.7. The van der Waals surface area contributed by atoms with Crippen LogP contribution in [0, 0.1) is 5.92 Å². The van der Waals surface area contributed by atoms with Gasteiger partial charge < -0.3 is 10.3 Å². The van der Waals surface area contributed by atoms with Crippen LogP contribution in [0.15, 0.2) is 0 Å². The molecule has 0 aromatic carbocycles. The first-order valence-electron chi connectivity index (χ1n) is 7.56. The van der Waals surface area contributed by atoms with Crippen LogP contribution >= 0.6 is 0 Å². The van der Waals surface area contributed by atoms with Crippen LogP contribution < -0.4 is 5.73 Å². The van der Waals surface area contributed by atoms with E-state index in [0.29, 0.717) is 12.1 Å². The van der Waals surface area contributed by atoms with Gasteiger partial charge in [0.15, 0.2) is 5.78 Å². The number of primary amides is 1. The fraction of sp³-hybridized carbons (Fsp3) is 0.625. The van der Waals surface area contributed by atoms with Gasteiger partial charge in [0.2, 0.25) is 0 Å². The Hall–Kier alpha value is -1.58. The Morgan fingerprint density at radius 3 is 2.55 bits per heavy atom. The zero-order valence-corrected chi connectivity index (χ0v) is 12.7. The van der Waals surface area contributed by atoms with E-state index in [9.17, 15) is 9.59 Å². The minimum Gasteiger partial charge on any atom is -0.366 e. The SMILES string of the molecule is CCc1c(C(N)=O)c2c(n1CC(=O)C(C)CC)CCC2. The lowest BCUT2D eigenvalue weighted by atomic mass is 10.0. The van der Waals surface area contributed by atoms with E-state index in [1.165, 1.54) is 0 Å². The van der Waals surface area contributed by atoms with E-state index in [0.717, 1.165) is 49.1 Å². The molecule has 1 amide bonds. The highest BCUT2D eigenvalue weighted by atomic mass is 16.1. The molecule has 0 saturated carbocycles. The highest BCUT2D eigenvalue weighted by molar-refractivity contribution is 5.96. The van der Waals surface area contributed by atoms with Gasteiger partial charge in [0.05, 0.1) is 12.1 Å². The lowest BCUT2D eigenvalue weighted by molar-refractivity contribution is -0.123. The molecule has 2 N–H and O–H groups in total. The molecule has 4 nitrogen and oxygen atoms in total. The Labute approximate surface area is 120 Å². The number of rotatable bonds is 6. The molecule has 0 aliphatic heterocycles. The predicted octanol–water partition coefficient (Wildman–Crippen LogP) is 2.25. The van der Waals surface area contributed by atoms with Gasteiger partial charge in [-0.1, -0.05) is 20.8 Å². The molecule has 1 aliphatic carbocycles.